The van der Waals surface area contributed by atoms with Gasteiger partial charge in [0.1, 0.15) is 5.75 Å². The molecule has 3 N–H and O–H groups in total. The van der Waals surface area contributed by atoms with Crippen LogP contribution in [0.1, 0.15) is 42.7 Å². The van der Waals surface area contributed by atoms with Crippen molar-refractivity contribution in [1.82, 2.24) is 0 Å². The first kappa shape index (κ1) is 14.4. The van der Waals surface area contributed by atoms with Crippen LogP contribution in [0.4, 0.5) is 0 Å². The molecule has 0 radical (unpaired) electrons. The first-order chi connectivity index (χ1) is 9.17. The van der Waals surface area contributed by atoms with Crippen LogP contribution in [-0.4, -0.2) is 24.9 Å². The minimum Gasteiger partial charge on any atom is -0.496 e. The van der Waals surface area contributed by atoms with Gasteiger partial charge in [0, 0.05) is 18.0 Å². The zero-order valence-electron chi connectivity index (χ0n) is 11.9. The summed E-state index contributed by atoms with van der Waals surface area (Å²) in [6.45, 7) is 2.51. The van der Waals surface area contributed by atoms with Crippen LogP contribution in [0, 0.1) is 12.8 Å². The highest BCUT2D eigenvalue weighted by Crippen LogP contribution is 2.37. The quantitative estimate of drug-likeness (QED) is 0.858. The predicted molar refractivity (Wildman–Crippen MR) is 77.5 cm³/mol. The van der Waals surface area contributed by atoms with Gasteiger partial charge in [-0.05, 0) is 31.7 Å². The van der Waals surface area contributed by atoms with Crippen LogP contribution in [0.25, 0.3) is 0 Å². The highest BCUT2D eigenvalue weighted by atomic mass is 16.5. The summed E-state index contributed by atoms with van der Waals surface area (Å²) in [6.07, 6.45) is 4.33. The monoisotopic (exact) mass is 263 g/mol. The summed E-state index contributed by atoms with van der Waals surface area (Å²) in [5.74, 6) is 1.19. The molecule has 0 spiro atoms. The van der Waals surface area contributed by atoms with Gasteiger partial charge in [-0.25, -0.2) is 0 Å². The Labute approximate surface area is 115 Å². The van der Waals surface area contributed by atoms with E-state index in [1.165, 1.54) is 18.4 Å². The van der Waals surface area contributed by atoms with E-state index in [1.807, 2.05) is 12.1 Å². The van der Waals surface area contributed by atoms with Crippen molar-refractivity contribution in [3.8, 4) is 5.75 Å². The smallest absolute Gasteiger partial charge is 0.122 e. The van der Waals surface area contributed by atoms with E-state index in [2.05, 4.69) is 13.0 Å². The maximum Gasteiger partial charge on any atom is 0.122 e. The van der Waals surface area contributed by atoms with Gasteiger partial charge in [0.15, 0.2) is 0 Å². The van der Waals surface area contributed by atoms with Gasteiger partial charge in [0.25, 0.3) is 0 Å². The number of ether oxygens (including phenoxy) is 1. The van der Waals surface area contributed by atoms with Crippen LogP contribution in [0.3, 0.4) is 0 Å². The van der Waals surface area contributed by atoms with Gasteiger partial charge >= 0.3 is 0 Å². The Morgan fingerprint density at radius 3 is 2.63 bits per heavy atom. The highest BCUT2D eigenvalue weighted by molar-refractivity contribution is 5.40. The zero-order chi connectivity index (χ0) is 13.8. The maximum absolute atomic E-state index is 10.6. The number of hydrogen-bond acceptors (Lipinski definition) is 3. The van der Waals surface area contributed by atoms with E-state index < -0.39 is 0 Å². The number of aryl methyl sites for hydroxylation is 1. The van der Waals surface area contributed by atoms with Gasteiger partial charge in [-0.15, -0.1) is 0 Å². The summed E-state index contributed by atoms with van der Waals surface area (Å²) in [6, 6.07) is 6.08. The van der Waals surface area contributed by atoms with Gasteiger partial charge in [-0.1, -0.05) is 30.5 Å². The van der Waals surface area contributed by atoms with E-state index in [0.29, 0.717) is 12.5 Å². The molecule has 19 heavy (non-hydrogen) atoms. The molecule has 2 rings (SSSR count). The molecule has 0 bridgehead atoms. The fourth-order valence-corrected chi connectivity index (χ4v) is 3.22. The van der Waals surface area contributed by atoms with Crippen LogP contribution in [0.5, 0.6) is 5.75 Å². The topological polar surface area (TPSA) is 55.5 Å². The molecule has 2 unspecified atom stereocenters. The third-order valence-electron chi connectivity index (χ3n) is 4.33. The second-order valence-electron chi connectivity index (χ2n) is 5.62. The molecule has 3 heteroatoms. The van der Waals surface area contributed by atoms with Gasteiger partial charge in [-0.2, -0.15) is 0 Å². The van der Waals surface area contributed by atoms with Gasteiger partial charge in [0.2, 0.25) is 0 Å². The lowest BCUT2D eigenvalue weighted by molar-refractivity contribution is 0.0842. The Hall–Kier alpha value is -1.06. The highest BCUT2D eigenvalue weighted by Gasteiger charge is 2.31. The van der Waals surface area contributed by atoms with Gasteiger partial charge in [-0.3, -0.25) is 0 Å². The second-order valence-corrected chi connectivity index (χ2v) is 5.62. The summed E-state index contributed by atoms with van der Waals surface area (Å²) in [5, 5.41) is 10.6. The number of aliphatic hydroxyl groups is 1. The molecular formula is C16H25NO2. The Morgan fingerprint density at radius 2 is 2.05 bits per heavy atom. The fourth-order valence-electron chi connectivity index (χ4n) is 3.22. The Bertz CT molecular complexity index is 413. The summed E-state index contributed by atoms with van der Waals surface area (Å²) in [4.78, 5) is 0. The van der Waals surface area contributed by atoms with E-state index >= 15 is 0 Å². The minimum atomic E-state index is -0.358. The summed E-state index contributed by atoms with van der Waals surface area (Å²) in [5.41, 5.74) is 8.15. The number of nitrogens with two attached hydrogens (primary N) is 1. The van der Waals surface area contributed by atoms with Crippen molar-refractivity contribution in [2.45, 2.75) is 44.6 Å². The lowest BCUT2D eigenvalue weighted by atomic mass is 9.84. The average Bonchev–Trinajstić information content (AvgIpc) is 2.93. The minimum absolute atomic E-state index is 0.0297. The molecule has 1 aromatic carbocycles. The van der Waals surface area contributed by atoms with Crippen molar-refractivity contribution in [2.24, 2.45) is 11.7 Å². The first-order valence-electron chi connectivity index (χ1n) is 7.20. The van der Waals surface area contributed by atoms with E-state index in [-0.39, 0.29) is 12.0 Å². The number of benzene rings is 1. The third-order valence-corrected chi connectivity index (χ3v) is 4.33. The molecule has 0 amide bonds. The molecule has 1 aromatic rings. The summed E-state index contributed by atoms with van der Waals surface area (Å²) < 4.78 is 5.43. The molecule has 0 aromatic heterocycles. The molecule has 3 nitrogen and oxygen atoms in total. The molecule has 1 aliphatic rings. The van der Waals surface area contributed by atoms with E-state index in [0.717, 1.165) is 24.2 Å². The van der Waals surface area contributed by atoms with Crippen LogP contribution in [-0.2, 0) is 0 Å². The molecule has 1 aliphatic carbocycles. The Balaban J connectivity index is 2.27. The molecule has 0 saturated heterocycles. The molecular weight excluding hydrogens is 238 g/mol. The van der Waals surface area contributed by atoms with Crippen molar-refractivity contribution in [3.63, 3.8) is 0 Å². The van der Waals surface area contributed by atoms with Crippen molar-refractivity contribution in [1.29, 1.82) is 0 Å². The van der Waals surface area contributed by atoms with Crippen molar-refractivity contribution in [3.05, 3.63) is 29.3 Å². The summed E-state index contributed by atoms with van der Waals surface area (Å²) >= 11 is 0. The van der Waals surface area contributed by atoms with Crippen molar-refractivity contribution < 1.29 is 9.84 Å². The molecule has 2 atom stereocenters. The van der Waals surface area contributed by atoms with E-state index in [4.69, 9.17) is 10.5 Å². The number of rotatable bonds is 5. The van der Waals surface area contributed by atoms with Gasteiger partial charge in [0.05, 0.1) is 13.2 Å². The first-order valence-corrected chi connectivity index (χ1v) is 7.20. The van der Waals surface area contributed by atoms with E-state index in [1.54, 1.807) is 7.11 Å². The SMILES string of the molecule is COc1ccc(C)cc1C(CN)C(O)C1CCCC1. The van der Waals surface area contributed by atoms with Crippen LogP contribution in [0.2, 0.25) is 0 Å². The zero-order valence-corrected chi connectivity index (χ0v) is 11.9. The summed E-state index contributed by atoms with van der Waals surface area (Å²) in [7, 11) is 1.67. The predicted octanol–water partition coefficient (Wildman–Crippen LogP) is 2.60. The van der Waals surface area contributed by atoms with Crippen LogP contribution >= 0.6 is 0 Å². The number of methoxy groups -OCH3 is 1. The standard InChI is InChI=1S/C16H25NO2/c1-11-7-8-15(19-2)13(9-11)14(10-17)16(18)12-5-3-4-6-12/h7-9,12,14,16,18H,3-6,10,17H2,1-2H3. The Kier molecular flexibility index (Phi) is 4.83. The normalized spacial score (nSPS) is 19.4. The molecule has 106 valence electrons. The van der Waals surface area contributed by atoms with Crippen LogP contribution in [0.15, 0.2) is 18.2 Å². The van der Waals surface area contributed by atoms with Crippen LogP contribution < -0.4 is 10.5 Å². The lowest BCUT2D eigenvalue weighted by Crippen LogP contribution is -2.31. The average molecular weight is 263 g/mol. The number of aliphatic hydroxyl groups excluding tert-OH is 1. The van der Waals surface area contributed by atoms with Crippen molar-refractivity contribution >= 4 is 0 Å². The molecule has 0 aliphatic heterocycles. The Morgan fingerprint density at radius 1 is 1.37 bits per heavy atom. The maximum atomic E-state index is 10.6. The van der Waals surface area contributed by atoms with Gasteiger partial charge < -0.3 is 15.6 Å². The second kappa shape index (κ2) is 6.40. The lowest BCUT2D eigenvalue weighted by Gasteiger charge is -2.28. The molecule has 1 saturated carbocycles. The number of hydrogen-bond donors (Lipinski definition) is 2. The fraction of sp³-hybridized carbons (Fsp3) is 0.625. The molecule has 0 heterocycles. The van der Waals surface area contributed by atoms with E-state index in [9.17, 15) is 5.11 Å². The molecule has 1 fully saturated rings. The third kappa shape index (κ3) is 3.10. The largest absolute Gasteiger partial charge is 0.496 e. The van der Waals surface area contributed by atoms with Crippen molar-refractivity contribution in [2.75, 3.05) is 13.7 Å².